The van der Waals surface area contributed by atoms with Crippen molar-refractivity contribution in [1.82, 2.24) is 4.98 Å². The van der Waals surface area contributed by atoms with Crippen molar-refractivity contribution in [1.29, 1.82) is 0 Å². The summed E-state index contributed by atoms with van der Waals surface area (Å²) in [5.74, 6) is 1.58. The van der Waals surface area contributed by atoms with Crippen LogP contribution in [0.25, 0.3) is 10.9 Å². The lowest BCUT2D eigenvalue weighted by Crippen LogP contribution is -2.16. The zero-order chi connectivity index (χ0) is 14.3. The van der Waals surface area contributed by atoms with Gasteiger partial charge in [0.05, 0.1) is 5.52 Å². The van der Waals surface area contributed by atoms with Crippen molar-refractivity contribution in [3.05, 3.63) is 23.9 Å². The Bertz CT molecular complexity index is 660. The third-order valence-corrected chi connectivity index (χ3v) is 3.51. The Morgan fingerprint density at radius 3 is 2.30 bits per heavy atom. The monoisotopic (exact) mass is 272 g/mol. The van der Waals surface area contributed by atoms with Gasteiger partial charge in [0.15, 0.2) is 11.5 Å². The van der Waals surface area contributed by atoms with E-state index >= 15 is 0 Å². The van der Waals surface area contributed by atoms with E-state index in [1.807, 2.05) is 19.2 Å². The molecule has 4 nitrogen and oxygen atoms in total. The standard InChI is InChI=1S/C16H20N2O2/c1-16(2,3)15-9-11(17-4)10-7-13-14(8-12(10)18-15)20-6-5-19-13/h7-9H,5-6H2,1-4H3,(H,17,18). The van der Waals surface area contributed by atoms with Gasteiger partial charge in [-0.1, -0.05) is 20.8 Å². The second kappa shape index (κ2) is 4.54. The fourth-order valence-electron chi connectivity index (χ4n) is 2.35. The number of ether oxygens (including phenoxy) is 2. The summed E-state index contributed by atoms with van der Waals surface area (Å²) in [6.45, 7) is 7.69. The number of hydrogen-bond acceptors (Lipinski definition) is 4. The predicted octanol–water partition coefficient (Wildman–Crippen LogP) is 3.35. The van der Waals surface area contributed by atoms with E-state index in [0.29, 0.717) is 13.2 Å². The van der Waals surface area contributed by atoms with Crippen LogP contribution >= 0.6 is 0 Å². The minimum atomic E-state index is 0.00699. The largest absolute Gasteiger partial charge is 0.486 e. The van der Waals surface area contributed by atoms with E-state index in [-0.39, 0.29) is 5.41 Å². The number of pyridine rings is 1. The average Bonchev–Trinajstić information content (AvgIpc) is 2.42. The van der Waals surface area contributed by atoms with E-state index < -0.39 is 0 Å². The summed E-state index contributed by atoms with van der Waals surface area (Å²) < 4.78 is 11.3. The Labute approximate surface area is 119 Å². The molecule has 0 unspecified atom stereocenters. The number of fused-ring (bicyclic) bond motifs is 2. The molecule has 3 rings (SSSR count). The van der Waals surface area contributed by atoms with Gasteiger partial charge in [-0.25, -0.2) is 0 Å². The van der Waals surface area contributed by atoms with E-state index in [9.17, 15) is 0 Å². The Balaban J connectivity index is 2.26. The number of benzene rings is 1. The predicted molar refractivity (Wildman–Crippen MR) is 81.0 cm³/mol. The van der Waals surface area contributed by atoms with Crippen LogP contribution in [-0.4, -0.2) is 25.2 Å². The highest BCUT2D eigenvalue weighted by atomic mass is 16.6. The number of nitrogens with zero attached hydrogens (tertiary/aromatic N) is 1. The van der Waals surface area contributed by atoms with E-state index in [2.05, 4.69) is 32.2 Å². The van der Waals surface area contributed by atoms with Crippen LogP contribution in [0.5, 0.6) is 11.5 Å². The highest BCUT2D eigenvalue weighted by Crippen LogP contribution is 2.38. The molecule has 106 valence electrons. The molecule has 0 saturated heterocycles. The highest BCUT2D eigenvalue weighted by molar-refractivity contribution is 5.94. The maximum Gasteiger partial charge on any atom is 0.163 e. The molecular weight excluding hydrogens is 252 g/mol. The van der Waals surface area contributed by atoms with Crippen LogP contribution in [0, 0.1) is 0 Å². The van der Waals surface area contributed by atoms with Gasteiger partial charge in [0.25, 0.3) is 0 Å². The molecule has 0 fully saturated rings. The van der Waals surface area contributed by atoms with Gasteiger partial charge in [-0.05, 0) is 12.1 Å². The zero-order valence-corrected chi connectivity index (χ0v) is 12.4. The van der Waals surface area contributed by atoms with Crippen molar-refractivity contribution >= 4 is 16.6 Å². The van der Waals surface area contributed by atoms with Crippen molar-refractivity contribution in [2.24, 2.45) is 0 Å². The van der Waals surface area contributed by atoms with Gasteiger partial charge in [0.2, 0.25) is 0 Å². The first kappa shape index (κ1) is 13.0. The second-order valence-electron chi connectivity index (χ2n) is 6.07. The molecular formula is C16H20N2O2. The highest BCUT2D eigenvalue weighted by Gasteiger charge is 2.20. The van der Waals surface area contributed by atoms with E-state index in [1.165, 1.54) is 0 Å². The van der Waals surface area contributed by atoms with Gasteiger partial charge in [0, 0.05) is 35.3 Å². The van der Waals surface area contributed by atoms with Gasteiger partial charge in [0.1, 0.15) is 13.2 Å². The quantitative estimate of drug-likeness (QED) is 0.864. The second-order valence-corrected chi connectivity index (χ2v) is 6.07. The smallest absolute Gasteiger partial charge is 0.163 e. The Morgan fingerprint density at radius 2 is 1.70 bits per heavy atom. The van der Waals surface area contributed by atoms with Crippen LogP contribution in [-0.2, 0) is 5.41 Å². The lowest BCUT2D eigenvalue weighted by atomic mass is 9.90. The van der Waals surface area contributed by atoms with Gasteiger partial charge in [-0.3, -0.25) is 4.98 Å². The van der Waals surface area contributed by atoms with Crippen molar-refractivity contribution < 1.29 is 9.47 Å². The SMILES string of the molecule is CNc1cc(C(C)(C)C)nc2cc3c(cc12)OCCO3. The average molecular weight is 272 g/mol. The van der Waals surface area contributed by atoms with Crippen LogP contribution in [0.2, 0.25) is 0 Å². The minimum absolute atomic E-state index is 0.00699. The molecule has 20 heavy (non-hydrogen) atoms. The molecule has 0 spiro atoms. The summed E-state index contributed by atoms with van der Waals surface area (Å²) in [6, 6.07) is 6.09. The van der Waals surface area contributed by atoms with Crippen LogP contribution < -0.4 is 14.8 Å². The zero-order valence-electron chi connectivity index (χ0n) is 12.4. The summed E-state index contributed by atoms with van der Waals surface area (Å²) in [5.41, 5.74) is 3.07. The summed E-state index contributed by atoms with van der Waals surface area (Å²) in [6.07, 6.45) is 0. The van der Waals surface area contributed by atoms with E-state index in [4.69, 9.17) is 14.5 Å². The topological polar surface area (TPSA) is 43.4 Å². The first-order valence-electron chi connectivity index (χ1n) is 6.91. The van der Waals surface area contributed by atoms with Crippen LogP contribution in [0.4, 0.5) is 5.69 Å². The van der Waals surface area contributed by atoms with Crippen LogP contribution in [0.15, 0.2) is 18.2 Å². The molecule has 0 radical (unpaired) electrons. The first-order valence-corrected chi connectivity index (χ1v) is 6.91. The summed E-state index contributed by atoms with van der Waals surface area (Å²) in [5, 5.41) is 4.31. The summed E-state index contributed by atoms with van der Waals surface area (Å²) >= 11 is 0. The molecule has 4 heteroatoms. The summed E-state index contributed by atoms with van der Waals surface area (Å²) in [4.78, 5) is 4.79. The molecule has 0 aliphatic carbocycles. The number of nitrogens with one attached hydrogen (secondary N) is 1. The van der Waals surface area contributed by atoms with Crippen molar-refractivity contribution in [2.75, 3.05) is 25.6 Å². The molecule has 0 atom stereocenters. The molecule has 1 N–H and O–H groups in total. The number of anilines is 1. The molecule has 2 aromatic rings. The number of rotatable bonds is 1. The van der Waals surface area contributed by atoms with Gasteiger partial charge in [-0.2, -0.15) is 0 Å². The van der Waals surface area contributed by atoms with E-state index in [0.717, 1.165) is 33.8 Å². The third kappa shape index (κ3) is 2.15. The normalized spacial score (nSPS) is 14.4. The first-order chi connectivity index (χ1) is 9.49. The maximum absolute atomic E-state index is 5.65. The lowest BCUT2D eigenvalue weighted by Gasteiger charge is -2.22. The molecule has 0 saturated carbocycles. The fraction of sp³-hybridized carbons (Fsp3) is 0.438. The van der Waals surface area contributed by atoms with Gasteiger partial charge < -0.3 is 14.8 Å². The maximum atomic E-state index is 5.65. The van der Waals surface area contributed by atoms with Crippen LogP contribution in [0.1, 0.15) is 26.5 Å². The number of hydrogen-bond donors (Lipinski definition) is 1. The van der Waals surface area contributed by atoms with E-state index in [1.54, 1.807) is 0 Å². The molecule has 1 aromatic heterocycles. The molecule has 0 amide bonds. The fourth-order valence-corrected chi connectivity index (χ4v) is 2.35. The summed E-state index contributed by atoms with van der Waals surface area (Å²) in [7, 11) is 1.93. The Morgan fingerprint density at radius 1 is 1.05 bits per heavy atom. The van der Waals surface area contributed by atoms with Gasteiger partial charge in [-0.15, -0.1) is 0 Å². The van der Waals surface area contributed by atoms with Crippen molar-refractivity contribution in [3.8, 4) is 11.5 Å². The van der Waals surface area contributed by atoms with Crippen LogP contribution in [0.3, 0.4) is 0 Å². The number of aromatic nitrogens is 1. The molecule has 0 bridgehead atoms. The molecule has 1 aliphatic heterocycles. The molecule has 2 heterocycles. The molecule has 1 aromatic carbocycles. The third-order valence-electron chi connectivity index (χ3n) is 3.51. The Hall–Kier alpha value is -1.97. The van der Waals surface area contributed by atoms with Crippen molar-refractivity contribution in [3.63, 3.8) is 0 Å². The lowest BCUT2D eigenvalue weighted by molar-refractivity contribution is 0.172. The minimum Gasteiger partial charge on any atom is -0.486 e. The molecule has 1 aliphatic rings. The van der Waals surface area contributed by atoms with Gasteiger partial charge >= 0.3 is 0 Å². The van der Waals surface area contributed by atoms with Crippen molar-refractivity contribution in [2.45, 2.75) is 26.2 Å². The Kier molecular flexibility index (Phi) is 2.96.